The Bertz CT molecular complexity index is 899. The van der Waals surface area contributed by atoms with E-state index in [-0.39, 0.29) is 11.9 Å². The van der Waals surface area contributed by atoms with Crippen LogP contribution in [0.15, 0.2) is 42.5 Å². The maximum atomic E-state index is 12.5. The van der Waals surface area contributed by atoms with Crippen LogP contribution in [0.3, 0.4) is 0 Å². The van der Waals surface area contributed by atoms with Gasteiger partial charge in [0, 0.05) is 26.7 Å². The number of amides is 1. The molecule has 0 radical (unpaired) electrons. The molecule has 4 rings (SSSR count). The van der Waals surface area contributed by atoms with Crippen molar-refractivity contribution >= 4 is 43.7 Å². The van der Waals surface area contributed by atoms with Crippen LogP contribution >= 0.6 is 11.3 Å². The molecule has 1 fully saturated rings. The number of carbonyl (C=O) groups excluding carboxylic acids is 2. The van der Waals surface area contributed by atoms with Gasteiger partial charge < -0.3 is 9.69 Å². The van der Waals surface area contributed by atoms with Crippen LogP contribution in [0, 0.1) is 0 Å². The Morgan fingerprint density at radius 1 is 1.17 bits per heavy atom. The Labute approximate surface area is 138 Å². The lowest BCUT2D eigenvalue weighted by Crippen LogP contribution is -2.37. The third-order valence-electron chi connectivity index (χ3n) is 4.57. The molecule has 2 aromatic carbocycles. The SMILES string of the molecule is O=CC1CCCN1C(=O)Cc1ccc2sc3ccccc3c2c1. The van der Waals surface area contributed by atoms with Crippen molar-refractivity contribution in [3.8, 4) is 0 Å². The summed E-state index contributed by atoms with van der Waals surface area (Å²) in [6.07, 6.45) is 2.98. The van der Waals surface area contributed by atoms with E-state index < -0.39 is 0 Å². The summed E-state index contributed by atoms with van der Waals surface area (Å²) in [6.45, 7) is 0.700. The average Bonchev–Trinajstić information content (AvgIpc) is 3.18. The molecule has 3 nitrogen and oxygen atoms in total. The Morgan fingerprint density at radius 2 is 2.00 bits per heavy atom. The van der Waals surface area contributed by atoms with E-state index in [1.165, 1.54) is 20.2 Å². The number of hydrogen-bond acceptors (Lipinski definition) is 3. The molecule has 116 valence electrons. The highest BCUT2D eigenvalue weighted by atomic mass is 32.1. The van der Waals surface area contributed by atoms with E-state index in [1.54, 1.807) is 16.2 Å². The van der Waals surface area contributed by atoms with Gasteiger partial charge in [-0.1, -0.05) is 24.3 Å². The molecular formula is C19H17NO2S. The summed E-state index contributed by atoms with van der Waals surface area (Å²) in [5, 5.41) is 2.46. The van der Waals surface area contributed by atoms with E-state index in [4.69, 9.17) is 0 Å². The molecular weight excluding hydrogens is 306 g/mol. The van der Waals surface area contributed by atoms with E-state index in [0.29, 0.717) is 13.0 Å². The summed E-state index contributed by atoms with van der Waals surface area (Å²) in [5.74, 6) is 0.0542. The van der Waals surface area contributed by atoms with Crippen molar-refractivity contribution in [2.75, 3.05) is 6.54 Å². The van der Waals surface area contributed by atoms with Crippen molar-refractivity contribution in [3.63, 3.8) is 0 Å². The molecule has 1 aromatic heterocycles. The van der Waals surface area contributed by atoms with Crippen LogP contribution in [0.1, 0.15) is 18.4 Å². The van der Waals surface area contributed by atoms with E-state index in [0.717, 1.165) is 24.7 Å². The molecule has 1 aliphatic rings. The summed E-state index contributed by atoms with van der Waals surface area (Å²) in [6, 6.07) is 14.4. The fraction of sp³-hybridized carbons (Fsp3) is 0.263. The van der Waals surface area contributed by atoms with Crippen LogP contribution in [-0.2, 0) is 16.0 Å². The lowest BCUT2D eigenvalue weighted by Gasteiger charge is -2.20. The summed E-state index contributed by atoms with van der Waals surface area (Å²) in [5.41, 5.74) is 1.02. The van der Waals surface area contributed by atoms with Crippen LogP contribution in [0.4, 0.5) is 0 Å². The number of fused-ring (bicyclic) bond motifs is 3. The fourth-order valence-corrected chi connectivity index (χ4v) is 4.49. The third-order valence-corrected chi connectivity index (χ3v) is 5.72. The number of thiophene rings is 1. The Balaban J connectivity index is 1.65. The lowest BCUT2D eigenvalue weighted by atomic mass is 10.1. The lowest BCUT2D eigenvalue weighted by molar-refractivity contribution is -0.133. The van der Waals surface area contributed by atoms with Crippen LogP contribution in [0.25, 0.3) is 20.2 Å². The molecule has 23 heavy (non-hydrogen) atoms. The van der Waals surface area contributed by atoms with Crippen LogP contribution in [0.2, 0.25) is 0 Å². The quantitative estimate of drug-likeness (QED) is 0.688. The molecule has 2 heterocycles. The van der Waals surface area contributed by atoms with E-state index in [1.807, 2.05) is 12.1 Å². The standard InChI is InChI=1S/C19H17NO2S/c21-12-14-4-3-9-20(14)19(22)11-13-7-8-18-16(10-13)15-5-1-2-6-17(15)23-18/h1-2,5-8,10,12,14H,3-4,9,11H2. The number of carbonyl (C=O) groups is 2. The molecule has 0 bridgehead atoms. The number of aldehydes is 1. The predicted molar refractivity (Wildman–Crippen MR) is 93.8 cm³/mol. The first kappa shape index (κ1) is 14.4. The zero-order valence-electron chi connectivity index (χ0n) is 12.7. The summed E-state index contributed by atoms with van der Waals surface area (Å²) >= 11 is 1.78. The summed E-state index contributed by atoms with van der Waals surface area (Å²) < 4.78 is 2.51. The minimum Gasteiger partial charge on any atom is -0.333 e. The second-order valence-corrected chi connectivity index (χ2v) is 7.12. The van der Waals surface area contributed by atoms with Gasteiger partial charge >= 0.3 is 0 Å². The van der Waals surface area contributed by atoms with Crippen molar-refractivity contribution < 1.29 is 9.59 Å². The van der Waals surface area contributed by atoms with E-state index in [2.05, 4.69) is 30.3 Å². The summed E-state index contributed by atoms with van der Waals surface area (Å²) in [7, 11) is 0. The fourth-order valence-electron chi connectivity index (χ4n) is 3.40. The molecule has 0 N–H and O–H groups in total. The molecule has 0 spiro atoms. The molecule has 1 saturated heterocycles. The first-order valence-corrected chi connectivity index (χ1v) is 8.73. The van der Waals surface area contributed by atoms with Gasteiger partial charge in [0.05, 0.1) is 12.5 Å². The van der Waals surface area contributed by atoms with Gasteiger partial charge in [0.1, 0.15) is 6.29 Å². The highest BCUT2D eigenvalue weighted by Gasteiger charge is 2.28. The van der Waals surface area contributed by atoms with Gasteiger partial charge in [-0.25, -0.2) is 0 Å². The van der Waals surface area contributed by atoms with Crippen molar-refractivity contribution in [2.45, 2.75) is 25.3 Å². The van der Waals surface area contributed by atoms with Gasteiger partial charge in [0.2, 0.25) is 5.91 Å². The van der Waals surface area contributed by atoms with Gasteiger partial charge in [-0.05, 0) is 36.6 Å². The number of hydrogen-bond donors (Lipinski definition) is 0. The molecule has 1 aliphatic heterocycles. The van der Waals surface area contributed by atoms with Gasteiger partial charge in [0.25, 0.3) is 0 Å². The van der Waals surface area contributed by atoms with Crippen LogP contribution < -0.4 is 0 Å². The van der Waals surface area contributed by atoms with Gasteiger partial charge in [-0.15, -0.1) is 11.3 Å². The molecule has 3 aromatic rings. The van der Waals surface area contributed by atoms with Gasteiger partial charge in [-0.3, -0.25) is 4.79 Å². The normalized spacial score (nSPS) is 17.9. The zero-order chi connectivity index (χ0) is 15.8. The molecule has 4 heteroatoms. The Morgan fingerprint density at radius 3 is 2.87 bits per heavy atom. The number of rotatable bonds is 3. The van der Waals surface area contributed by atoms with Crippen molar-refractivity contribution in [2.24, 2.45) is 0 Å². The maximum Gasteiger partial charge on any atom is 0.227 e. The average molecular weight is 323 g/mol. The van der Waals surface area contributed by atoms with Crippen molar-refractivity contribution in [1.82, 2.24) is 4.90 Å². The van der Waals surface area contributed by atoms with Crippen LogP contribution in [0.5, 0.6) is 0 Å². The molecule has 1 atom stereocenters. The number of likely N-dealkylation sites (tertiary alicyclic amines) is 1. The van der Waals surface area contributed by atoms with E-state index in [9.17, 15) is 9.59 Å². The predicted octanol–water partition coefficient (Wildman–Crippen LogP) is 3.79. The first-order valence-electron chi connectivity index (χ1n) is 7.91. The highest BCUT2D eigenvalue weighted by molar-refractivity contribution is 7.25. The van der Waals surface area contributed by atoms with E-state index >= 15 is 0 Å². The Hall–Kier alpha value is -2.20. The largest absolute Gasteiger partial charge is 0.333 e. The molecule has 1 amide bonds. The maximum absolute atomic E-state index is 12.5. The van der Waals surface area contributed by atoms with Gasteiger partial charge in [0.15, 0.2) is 0 Å². The molecule has 0 aliphatic carbocycles. The smallest absolute Gasteiger partial charge is 0.227 e. The van der Waals surface area contributed by atoms with Gasteiger partial charge in [-0.2, -0.15) is 0 Å². The minimum atomic E-state index is -0.229. The van der Waals surface area contributed by atoms with Crippen molar-refractivity contribution in [3.05, 3.63) is 48.0 Å². The summed E-state index contributed by atoms with van der Waals surface area (Å²) in [4.78, 5) is 25.3. The highest BCUT2D eigenvalue weighted by Crippen LogP contribution is 2.34. The third kappa shape index (κ3) is 2.53. The second kappa shape index (κ2) is 5.78. The number of benzene rings is 2. The zero-order valence-corrected chi connectivity index (χ0v) is 13.5. The van der Waals surface area contributed by atoms with Crippen molar-refractivity contribution in [1.29, 1.82) is 0 Å². The monoisotopic (exact) mass is 323 g/mol. The Kier molecular flexibility index (Phi) is 3.62. The van der Waals surface area contributed by atoms with Crippen LogP contribution in [-0.4, -0.2) is 29.7 Å². The first-order chi connectivity index (χ1) is 11.3. The molecule has 1 unspecified atom stereocenters. The molecule has 0 saturated carbocycles. The topological polar surface area (TPSA) is 37.4 Å². The number of nitrogens with zero attached hydrogens (tertiary/aromatic N) is 1. The second-order valence-electron chi connectivity index (χ2n) is 6.04. The minimum absolute atomic E-state index is 0.0542.